The molecule has 6 nitrogen and oxygen atoms in total. The Morgan fingerprint density at radius 1 is 1.24 bits per heavy atom. The molecule has 0 bridgehead atoms. The molecule has 3 heterocycles. The van der Waals surface area contributed by atoms with Gasteiger partial charge in [-0.15, -0.1) is 0 Å². The lowest BCUT2D eigenvalue weighted by Crippen LogP contribution is -2.44. The van der Waals surface area contributed by atoms with Crippen molar-refractivity contribution in [1.29, 1.82) is 0 Å². The highest BCUT2D eigenvalue weighted by Crippen LogP contribution is 2.41. The lowest BCUT2D eigenvalue weighted by molar-refractivity contribution is -0.115. The van der Waals surface area contributed by atoms with E-state index < -0.39 is 8.07 Å². The number of fused-ring (bicyclic) bond motifs is 1. The second-order valence-corrected chi connectivity index (χ2v) is 12.9. The minimum absolute atomic E-state index is 0.102. The quantitative estimate of drug-likeness (QED) is 0.652. The van der Waals surface area contributed by atoms with E-state index in [1.54, 1.807) is 25.3 Å². The largest absolute Gasteiger partial charge is 0.481 e. The molecule has 1 N–H and O–H groups in total. The lowest BCUT2D eigenvalue weighted by atomic mass is 10.0. The van der Waals surface area contributed by atoms with Crippen molar-refractivity contribution in [2.75, 3.05) is 11.5 Å². The number of benzene rings is 1. The summed E-state index contributed by atoms with van der Waals surface area (Å²) < 4.78 is 21.6. The number of hydrogen-bond donors (Lipinski definition) is 1. The molecule has 150 valence electrons. The van der Waals surface area contributed by atoms with Crippen LogP contribution < -0.4 is 10.1 Å². The third-order valence-corrected chi connectivity index (χ3v) is 6.92. The number of anilines is 1. The van der Waals surface area contributed by atoms with E-state index in [1.165, 1.54) is 12.1 Å². The number of nitrogens with one attached hydrogen (secondary N) is 1. The number of hydrogen-bond acceptors (Lipinski definition) is 4. The Morgan fingerprint density at radius 2 is 2.00 bits per heavy atom. The predicted octanol–water partition coefficient (Wildman–Crippen LogP) is 4.28. The number of pyridine rings is 1. The first-order valence-corrected chi connectivity index (χ1v) is 13.0. The molecule has 0 unspecified atom stereocenters. The van der Waals surface area contributed by atoms with Gasteiger partial charge in [-0.3, -0.25) is 4.79 Å². The molecule has 1 amide bonds. The zero-order valence-corrected chi connectivity index (χ0v) is 17.7. The Hall–Kier alpha value is -3.00. The molecular weight excluding hydrogens is 387 g/mol. The Balaban J connectivity index is 1.86. The fraction of sp³-hybridized carbons (Fsp3) is 0.286. The highest BCUT2D eigenvalue weighted by Gasteiger charge is 2.34. The fourth-order valence-electron chi connectivity index (χ4n) is 3.37. The maximum atomic E-state index is 13.5. The Labute approximate surface area is 169 Å². The van der Waals surface area contributed by atoms with E-state index in [0.29, 0.717) is 24.3 Å². The Kier molecular flexibility index (Phi) is 4.95. The van der Waals surface area contributed by atoms with Crippen LogP contribution in [0.4, 0.5) is 10.2 Å². The van der Waals surface area contributed by atoms with E-state index in [2.05, 4.69) is 23.4 Å². The van der Waals surface area contributed by atoms with Crippen LogP contribution in [0.2, 0.25) is 13.1 Å². The SMILES string of the molecule is CCC(=O)Nc1cc(-c2c(-c3ccc(F)cc3)nn3c2OC[Si](C)(C)C3)ccn1. The normalized spacial score (nSPS) is 14.8. The smallest absolute Gasteiger partial charge is 0.225 e. The molecule has 0 fully saturated rings. The number of aromatic nitrogens is 3. The van der Waals surface area contributed by atoms with Crippen molar-refractivity contribution >= 4 is 19.8 Å². The molecule has 0 spiro atoms. The first-order valence-electron chi connectivity index (χ1n) is 9.62. The number of nitrogens with zero attached hydrogens (tertiary/aromatic N) is 3. The average molecular weight is 411 g/mol. The second-order valence-electron chi connectivity index (χ2n) is 7.98. The molecule has 0 aliphatic carbocycles. The number of ether oxygens (including phenoxy) is 1. The average Bonchev–Trinajstić information content (AvgIpc) is 3.06. The van der Waals surface area contributed by atoms with Gasteiger partial charge in [0.05, 0.1) is 11.8 Å². The summed E-state index contributed by atoms with van der Waals surface area (Å²) in [6.07, 6.45) is 3.58. The number of rotatable bonds is 4. The fourth-order valence-corrected chi connectivity index (χ4v) is 5.01. The molecule has 3 aromatic rings. The third kappa shape index (κ3) is 3.93. The molecular formula is C21H23FN4O2Si. The number of carbonyl (C=O) groups is 1. The second kappa shape index (κ2) is 7.44. The van der Waals surface area contributed by atoms with Gasteiger partial charge in [-0.05, 0) is 42.0 Å². The lowest BCUT2D eigenvalue weighted by Gasteiger charge is -2.28. The van der Waals surface area contributed by atoms with Crippen LogP contribution in [0.3, 0.4) is 0 Å². The van der Waals surface area contributed by atoms with E-state index in [4.69, 9.17) is 9.84 Å². The zero-order chi connectivity index (χ0) is 20.6. The Bertz CT molecular complexity index is 1060. The first-order chi connectivity index (χ1) is 13.9. The van der Waals surface area contributed by atoms with E-state index in [-0.39, 0.29) is 11.7 Å². The molecule has 29 heavy (non-hydrogen) atoms. The summed E-state index contributed by atoms with van der Waals surface area (Å²) in [6.45, 7) is 6.32. The van der Waals surface area contributed by atoms with Gasteiger partial charge in [0.1, 0.15) is 25.4 Å². The minimum atomic E-state index is -1.55. The van der Waals surface area contributed by atoms with Gasteiger partial charge < -0.3 is 10.1 Å². The van der Waals surface area contributed by atoms with Crippen molar-refractivity contribution in [3.8, 4) is 28.3 Å². The highest BCUT2D eigenvalue weighted by molar-refractivity contribution is 6.76. The maximum absolute atomic E-state index is 13.5. The van der Waals surface area contributed by atoms with Gasteiger partial charge in [0.15, 0.2) is 0 Å². The Morgan fingerprint density at radius 3 is 2.72 bits per heavy atom. The van der Waals surface area contributed by atoms with Crippen molar-refractivity contribution in [3.05, 3.63) is 48.4 Å². The van der Waals surface area contributed by atoms with Crippen LogP contribution >= 0.6 is 0 Å². The summed E-state index contributed by atoms with van der Waals surface area (Å²) in [5, 5.41) is 7.62. The van der Waals surface area contributed by atoms with Crippen molar-refractivity contribution in [2.45, 2.75) is 32.6 Å². The highest BCUT2D eigenvalue weighted by atomic mass is 28.3. The van der Waals surface area contributed by atoms with E-state index in [1.807, 2.05) is 16.8 Å². The van der Waals surface area contributed by atoms with Gasteiger partial charge in [-0.25, -0.2) is 14.1 Å². The van der Waals surface area contributed by atoms with Crippen LogP contribution in [-0.4, -0.2) is 35.0 Å². The molecule has 1 aliphatic rings. The molecule has 1 aliphatic heterocycles. The van der Waals surface area contributed by atoms with Gasteiger partial charge in [-0.2, -0.15) is 5.10 Å². The molecule has 2 aromatic heterocycles. The standard InChI is InChI=1S/C21H23FN4O2Si/c1-4-18(27)24-17-11-15(9-10-23-17)19-20(14-5-7-16(22)8-6-14)25-26-12-29(2,3)13-28-21(19)26/h5-11H,4,12-13H2,1-3H3,(H,23,24,27). The predicted molar refractivity (Wildman–Crippen MR) is 113 cm³/mol. The van der Waals surface area contributed by atoms with E-state index in [9.17, 15) is 9.18 Å². The minimum Gasteiger partial charge on any atom is -0.481 e. The van der Waals surface area contributed by atoms with Gasteiger partial charge in [0.25, 0.3) is 0 Å². The van der Waals surface area contributed by atoms with Crippen LogP contribution in [0.1, 0.15) is 13.3 Å². The van der Waals surface area contributed by atoms with Crippen molar-refractivity contribution < 1.29 is 13.9 Å². The summed E-state index contributed by atoms with van der Waals surface area (Å²) in [5.41, 5.74) is 3.21. The topological polar surface area (TPSA) is 69.0 Å². The number of carbonyl (C=O) groups excluding carboxylic acids is 1. The van der Waals surface area contributed by atoms with Crippen molar-refractivity contribution in [1.82, 2.24) is 14.8 Å². The summed E-state index contributed by atoms with van der Waals surface area (Å²) in [7, 11) is -1.55. The van der Waals surface area contributed by atoms with Gasteiger partial charge in [0.2, 0.25) is 11.8 Å². The summed E-state index contributed by atoms with van der Waals surface area (Å²) in [6, 6.07) is 9.98. The zero-order valence-electron chi connectivity index (χ0n) is 16.7. The van der Waals surface area contributed by atoms with E-state index in [0.717, 1.165) is 28.6 Å². The van der Waals surface area contributed by atoms with Crippen molar-refractivity contribution in [3.63, 3.8) is 0 Å². The molecule has 4 rings (SSSR count). The summed E-state index contributed by atoms with van der Waals surface area (Å²) in [4.78, 5) is 16.0. The summed E-state index contributed by atoms with van der Waals surface area (Å²) >= 11 is 0. The summed E-state index contributed by atoms with van der Waals surface area (Å²) in [5.74, 6) is 0.784. The van der Waals surface area contributed by atoms with Crippen LogP contribution in [0.15, 0.2) is 42.6 Å². The van der Waals surface area contributed by atoms with Gasteiger partial charge in [-0.1, -0.05) is 20.0 Å². The van der Waals surface area contributed by atoms with Crippen LogP contribution in [0, 0.1) is 5.82 Å². The van der Waals surface area contributed by atoms with Crippen LogP contribution in [0.5, 0.6) is 5.88 Å². The maximum Gasteiger partial charge on any atom is 0.225 e. The molecule has 0 radical (unpaired) electrons. The number of halogens is 1. The molecule has 1 aromatic carbocycles. The molecule has 8 heteroatoms. The molecule has 0 atom stereocenters. The van der Waals surface area contributed by atoms with E-state index >= 15 is 0 Å². The molecule has 0 saturated heterocycles. The van der Waals surface area contributed by atoms with Crippen LogP contribution in [0.25, 0.3) is 22.4 Å². The third-order valence-electron chi connectivity index (χ3n) is 4.84. The van der Waals surface area contributed by atoms with Gasteiger partial charge in [0, 0.05) is 24.3 Å². The van der Waals surface area contributed by atoms with Crippen molar-refractivity contribution in [2.24, 2.45) is 0 Å². The number of amides is 1. The van der Waals surface area contributed by atoms with Gasteiger partial charge >= 0.3 is 0 Å². The first kappa shape index (κ1) is 19.3. The van der Waals surface area contributed by atoms with Crippen LogP contribution in [-0.2, 0) is 11.0 Å². The monoisotopic (exact) mass is 410 g/mol. The molecule has 0 saturated carbocycles.